The Hall–Kier alpha value is -1.43. The molecule has 0 aliphatic carbocycles. The third-order valence-corrected chi connectivity index (χ3v) is 3.18. The van der Waals surface area contributed by atoms with E-state index in [1.54, 1.807) is 14.0 Å². The molecule has 0 aromatic carbocycles. The number of amides is 1. The number of aromatic nitrogens is 2. The first-order chi connectivity index (χ1) is 8.72. The molecule has 6 heteroatoms. The molecule has 1 aromatic heterocycles. The van der Waals surface area contributed by atoms with Crippen molar-refractivity contribution in [2.75, 3.05) is 20.3 Å². The summed E-state index contributed by atoms with van der Waals surface area (Å²) in [6.07, 6.45) is 3.43. The predicted molar refractivity (Wildman–Crippen MR) is 63.8 cm³/mol. The highest BCUT2D eigenvalue weighted by Crippen LogP contribution is 2.29. The van der Waals surface area contributed by atoms with E-state index in [2.05, 4.69) is 10.1 Å². The molecule has 1 aliphatic heterocycles. The van der Waals surface area contributed by atoms with Gasteiger partial charge in [-0.15, -0.1) is 0 Å². The normalized spacial score (nSPS) is 20.1. The number of ether oxygens (including phenoxy) is 1. The van der Waals surface area contributed by atoms with E-state index >= 15 is 0 Å². The molecular formula is C12H19N3O3. The Bertz CT molecular complexity index is 405. The van der Waals surface area contributed by atoms with Gasteiger partial charge in [0.2, 0.25) is 11.8 Å². The number of methoxy groups -OCH3 is 1. The van der Waals surface area contributed by atoms with Crippen molar-refractivity contribution in [3.8, 4) is 0 Å². The third-order valence-electron chi connectivity index (χ3n) is 3.18. The van der Waals surface area contributed by atoms with Crippen LogP contribution in [0.4, 0.5) is 0 Å². The minimum Gasteiger partial charge on any atom is -0.384 e. The Kier molecular flexibility index (Phi) is 4.30. The summed E-state index contributed by atoms with van der Waals surface area (Å²) in [5, 5.41) is 3.94. The van der Waals surface area contributed by atoms with Crippen molar-refractivity contribution in [2.45, 2.75) is 38.6 Å². The number of aryl methyl sites for hydroxylation is 1. The fourth-order valence-corrected chi connectivity index (χ4v) is 2.28. The highest BCUT2D eigenvalue weighted by Gasteiger charge is 2.30. The van der Waals surface area contributed by atoms with Gasteiger partial charge in [0.1, 0.15) is 0 Å². The minimum atomic E-state index is -0.0412. The summed E-state index contributed by atoms with van der Waals surface area (Å²) in [6.45, 7) is 2.98. The Labute approximate surface area is 106 Å². The first-order valence-electron chi connectivity index (χ1n) is 6.31. The highest BCUT2D eigenvalue weighted by molar-refractivity contribution is 5.76. The maximum Gasteiger partial charge on any atom is 0.225 e. The molecule has 0 spiro atoms. The van der Waals surface area contributed by atoms with E-state index in [1.165, 1.54) is 0 Å². The summed E-state index contributed by atoms with van der Waals surface area (Å²) in [4.78, 5) is 18.2. The second-order valence-electron chi connectivity index (χ2n) is 4.51. The van der Waals surface area contributed by atoms with E-state index in [1.807, 2.05) is 4.90 Å². The van der Waals surface area contributed by atoms with Gasteiger partial charge < -0.3 is 14.2 Å². The van der Waals surface area contributed by atoms with Crippen LogP contribution in [-0.2, 0) is 9.53 Å². The fraction of sp³-hybridized carbons (Fsp3) is 0.750. The molecule has 1 aromatic rings. The summed E-state index contributed by atoms with van der Waals surface area (Å²) in [7, 11) is 1.60. The van der Waals surface area contributed by atoms with Gasteiger partial charge in [-0.05, 0) is 19.3 Å². The van der Waals surface area contributed by atoms with Gasteiger partial charge in [0.15, 0.2) is 5.82 Å². The number of rotatable bonds is 4. The monoisotopic (exact) mass is 253 g/mol. The summed E-state index contributed by atoms with van der Waals surface area (Å²) in [5.41, 5.74) is 0. The van der Waals surface area contributed by atoms with Crippen LogP contribution in [0.1, 0.15) is 43.4 Å². The van der Waals surface area contributed by atoms with Gasteiger partial charge in [-0.3, -0.25) is 4.79 Å². The van der Waals surface area contributed by atoms with E-state index in [9.17, 15) is 4.79 Å². The zero-order chi connectivity index (χ0) is 13.0. The third kappa shape index (κ3) is 2.87. The molecule has 1 fully saturated rings. The standard InChI is InChI=1S/C12H19N3O3/c1-9-13-12(14-18-9)10-5-3-4-7-15(10)11(16)6-8-17-2/h10H,3-8H2,1-2H3. The van der Waals surface area contributed by atoms with Crippen molar-refractivity contribution in [1.82, 2.24) is 15.0 Å². The number of hydrogen-bond acceptors (Lipinski definition) is 5. The largest absolute Gasteiger partial charge is 0.384 e. The second kappa shape index (κ2) is 5.95. The number of likely N-dealkylation sites (tertiary alicyclic amines) is 1. The predicted octanol–water partition coefficient (Wildman–Crippen LogP) is 1.47. The SMILES string of the molecule is COCCC(=O)N1CCCCC1c1noc(C)n1. The van der Waals surface area contributed by atoms with Crippen molar-refractivity contribution in [3.63, 3.8) is 0 Å². The fourth-order valence-electron chi connectivity index (χ4n) is 2.28. The quantitative estimate of drug-likeness (QED) is 0.812. The van der Waals surface area contributed by atoms with E-state index in [4.69, 9.17) is 9.26 Å². The van der Waals surface area contributed by atoms with Crippen molar-refractivity contribution < 1.29 is 14.1 Å². The Morgan fingerprint density at radius 3 is 3.06 bits per heavy atom. The van der Waals surface area contributed by atoms with E-state index in [0.29, 0.717) is 24.7 Å². The van der Waals surface area contributed by atoms with Gasteiger partial charge in [0.05, 0.1) is 19.1 Å². The molecule has 100 valence electrons. The van der Waals surface area contributed by atoms with Crippen LogP contribution in [-0.4, -0.2) is 41.2 Å². The average Bonchev–Trinajstić information content (AvgIpc) is 2.82. The number of nitrogens with zero attached hydrogens (tertiary/aromatic N) is 3. The summed E-state index contributed by atoms with van der Waals surface area (Å²) < 4.78 is 9.95. The molecule has 0 N–H and O–H groups in total. The minimum absolute atomic E-state index is 0.0412. The molecule has 2 heterocycles. The number of carbonyl (C=O) groups excluding carboxylic acids is 1. The lowest BCUT2D eigenvalue weighted by molar-refractivity contribution is -0.136. The average molecular weight is 253 g/mol. The van der Waals surface area contributed by atoms with Crippen LogP contribution in [0, 0.1) is 6.92 Å². The maximum atomic E-state index is 12.1. The molecule has 0 saturated carbocycles. The van der Waals surface area contributed by atoms with E-state index in [0.717, 1.165) is 25.8 Å². The molecule has 1 amide bonds. The maximum absolute atomic E-state index is 12.1. The zero-order valence-electron chi connectivity index (χ0n) is 10.9. The Morgan fingerprint density at radius 1 is 1.56 bits per heavy atom. The number of carbonyl (C=O) groups is 1. The van der Waals surface area contributed by atoms with Crippen LogP contribution >= 0.6 is 0 Å². The molecule has 0 bridgehead atoms. The van der Waals surface area contributed by atoms with E-state index in [-0.39, 0.29) is 11.9 Å². The van der Waals surface area contributed by atoms with Crippen LogP contribution < -0.4 is 0 Å². The van der Waals surface area contributed by atoms with Crippen LogP contribution in [0.3, 0.4) is 0 Å². The summed E-state index contributed by atoms with van der Waals surface area (Å²) >= 11 is 0. The van der Waals surface area contributed by atoms with Crippen molar-refractivity contribution in [3.05, 3.63) is 11.7 Å². The molecule has 1 saturated heterocycles. The summed E-state index contributed by atoms with van der Waals surface area (Å²) in [5.74, 6) is 1.27. The smallest absolute Gasteiger partial charge is 0.225 e. The topological polar surface area (TPSA) is 68.5 Å². The Balaban J connectivity index is 2.08. The van der Waals surface area contributed by atoms with Crippen molar-refractivity contribution in [2.24, 2.45) is 0 Å². The second-order valence-corrected chi connectivity index (χ2v) is 4.51. The van der Waals surface area contributed by atoms with Crippen LogP contribution in [0.2, 0.25) is 0 Å². The lowest BCUT2D eigenvalue weighted by Gasteiger charge is -2.33. The van der Waals surface area contributed by atoms with Gasteiger partial charge in [0.25, 0.3) is 0 Å². The van der Waals surface area contributed by atoms with Gasteiger partial charge in [-0.1, -0.05) is 5.16 Å². The number of hydrogen-bond donors (Lipinski definition) is 0. The molecule has 18 heavy (non-hydrogen) atoms. The summed E-state index contributed by atoms with van der Waals surface area (Å²) in [6, 6.07) is -0.0412. The van der Waals surface area contributed by atoms with Crippen LogP contribution in [0.15, 0.2) is 4.52 Å². The van der Waals surface area contributed by atoms with Crippen molar-refractivity contribution in [1.29, 1.82) is 0 Å². The highest BCUT2D eigenvalue weighted by atomic mass is 16.5. The molecule has 2 rings (SSSR count). The lowest BCUT2D eigenvalue weighted by atomic mass is 10.0. The zero-order valence-corrected chi connectivity index (χ0v) is 10.9. The molecule has 1 unspecified atom stereocenters. The van der Waals surface area contributed by atoms with Gasteiger partial charge in [-0.2, -0.15) is 4.98 Å². The molecule has 6 nitrogen and oxygen atoms in total. The Morgan fingerprint density at radius 2 is 2.39 bits per heavy atom. The van der Waals surface area contributed by atoms with E-state index < -0.39 is 0 Å². The van der Waals surface area contributed by atoms with Gasteiger partial charge in [0, 0.05) is 20.6 Å². The molecular weight excluding hydrogens is 234 g/mol. The molecule has 1 aliphatic rings. The first kappa shape index (κ1) is 13.0. The van der Waals surface area contributed by atoms with Gasteiger partial charge in [-0.25, -0.2) is 0 Å². The van der Waals surface area contributed by atoms with Crippen molar-refractivity contribution >= 4 is 5.91 Å². The van der Waals surface area contributed by atoms with Crippen LogP contribution in [0.5, 0.6) is 0 Å². The molecule has 0 radical (unpaired) electrons. The van der Waals surface area contributed by atoms with Crippen LogP contribution in [0.25, 0.3) is 0 Å². The lowest BCUT2D eigenvalue weighted by Crippen LogP contribution is -2.39. The first-order valence-corrected chi connectivity index (χ1v) is 6.31. The molecule has 1 atom stereocenters. The number of piperidine rings is 1. The van der Waals surface area contributed by atoms with Gasteiger partial charge >= 0.3 is 0 Å².